The second-order valence-electron chi connectivity index (χ2n) is 12.7. The molecule has 2 fully saturated rings. The van der Waals surface area contributed by atoms with E-state index in [0.717, 1.165) is 0 Å². The van der Waals surface area contributed by atoms with E-state index in [1.54, 1.807) is 44.4 Å². The van der Waals surface area contributed by atoms with Crippen molar-refractivity contribution in [2.45, 2.75) is 91.1 Å². The maximum atomic E-state index is 13.5. The molecule has 3 aliphatic rings. The third-order valence-corrected chi connectivity index (χ3v) is 9.98. The Bertz CT molecular complexity index is 1470. The molecule has 5 rings (SSSR count). The predicted octanol–water partition coefficient (Wildman–Crippen LogP) is 4.15. The Morgan fingerprint density at radius 1 is 1.12 bits per heavy atom. The fraction of sp³-hybridized carbons (Fsp3) is 0.594. The third-order valence-electron chi connectivity index (χ3n) is 9.98. The molecule has 11 heteroatoms. The van der Waals surface area contributed by atoms with Crippen LogP contribution in [0, 0.1) is 22.7 Å². The van der Waals surface area contributed by atoms with E-state index in [4.69, 9.17) is 23.4 Å². The van der Waals surface area contributed by atoms with E-state index in [-0.39, 0.29) is 48.4 Å². The quantitative estimate of drug-likeness (QED) is 0.378. The lowest BCUT2D eigenvalue weighted by atomic mass is 9.42. The van der Waals surface area contributed by atoms with Crippen molar-refractivity contribution in [2.24, 2.45) is 22.7 Å². The molecule has 0 unspecified atom stereocenters. The second kappa shape index (κ2) is 11.1. The lowest BCUT2D eigenvalue weighted by Gasteiger charge is -2.66. The van der Waals surface area contributed by atoms with Crippen LogP contribution in [0.1, 0.15) is 78.9 Å². The summed E-state index contributed by atoms with van der Waals surface area (Å²) in [7, 11) is 0. The van der Waals surface area contributed by atoms with Crippen molar-refractivity contribution in [1.82, 2.24) is 4.98 Å². The van der Waals surface area contributed by atoms with Crippen molar-refractivity contribution in [3.63, 3.8) is 0 Å². The molecule has 11 nitrogen and oxygen atoms in total. The Morgan fingerprint density at radius 2 is 1.86 bits per heavy atom. The molecule has 1 N–H and O–H groups in total. The zero-order valence-corrected chi connectivity index (χ0v) is 25.4. The summed E-state index contributed by atoms with van der Waals surface area (Å²) < 4.78 is 29.7. The minimum absolute atomic E-state index is 0.0141. The number of aliphatic hydroxyl groups excluding tert-OH is 1. The van der Waals surface area contributed by atoms with Crippen LogP contribution >= 0.6 is 0 Å². The highest BCUT2D eigenvalue weighted by molar-refractivity contribution is 5.69. The number of aliphatic hydroxyl groups is 1. The average Bonchev–Trinajstić information content (AvgIpc) is 2.94. The Morgan fingerprint density at radius 3 is 2.49 bits per heavy atom. The van der Waals surface area contributed by atoms with Crippen LogP contribution in [0.25, 0.3) is 11.3 Å². The summed E-state index contributed by atoms with van der Waals surface area (Å²) in [4.78, 5) is 54.5. The highest BCUT2D eigenvalue weighted by Crippen LogP contribution is 2.67. The molecule has 2 saturated carbocycles. The number of rotatable bonds is 6. The first-order valence-corrected chi connectivity index (χ1v) is 14.7. The van der Waals surface area contributed by atoms with Crippen molar-refractivity contribution >= 4 is 17.9 Å². The normalized spacial score (nSPS) is 34.4. The smallest absolute Gasteiger partial charge is 0.345 e. The first-order valence-electron chi connectivity index (χ1n) is 14.7. The summed E-state index contributed by atoms with van der Waals surface area (Å²) in [5, 5.41) is 12.1. The number of hydrogen-bond acceptors (Lipinski definition) is 11. The Hall–Kier alpha value is -3.73. The van der Waals surface area contributed by atoms with Crippen LogP contribution in [0.4, 0.5) is 0 Å². The standard InChI is InChI=1S/C32H39NO10/c1-7-25(36)42-23-10-11-30(4)22(31(23,5)16-39-17(2)34)14-24(40-18(3)35)32(6)28(30)27(37)26-21(43-32)13-20(41-29(26)38)19-9-8-12-33-15-19/h8-9,12-13,15,22-24,27-28,37H,7,10-11,14,16H2,1-6H3/t22-,23-,24-,27-,28-,30+,31+,32-/m1/s1. The van der Waals surface area contributed by atoms with Gasteiger partial charge in [0.2, 0.25) is 0 Å². The van der Waals surface area contributed by atoms with Gasteiger partial charge in [-0.05, 0) is 49.7 Å². The summed E-state index contributed by atoms with van der Waals surface area (Å²) in [6.07, 6.45) is 1.73. The van der Waals surface area contributed by atoms with E-state index in [0.29, 0.717) is 18.4 Å². The van der Waals surface area contributed by atoms with Crippen LogP contribution in [0.15, 0.2) is 39.8 Å². The molecule has 0 aromatic carbocycles. The van der Waals surface area contributed by atoms with Crippen molar-refractivity contribution in [3.05, 3.63) is 46.6 Å². The Labute approximate surface area is 249 Å². The molecule has 1 aliphatic heterocycles. The van der Waals surface area contributed by atoms with Gasteiger partial charge in [-0.25, -0.2) is 4.79 Å². The van der Waals surface area contributed by atoms with Gasteiger partial charge in [0.25, 0.3) is 0 Å². The molecule has 2 aromatic rings. The topological polar surface area (TPSA) is 151 Å². The molecule has 2 aromatic heterocycles. The Balaban J connectivity index is 1.65. The van der Waals surface area contributed by atoms with Crippen LogP contribution in [0.3, 0.4) is 0 Å². The molecule has 0 amide bonds. The first-order chi connectivity index (χ1) is 20.2. The van der Waals surface area contributed by atoms with Gasteiger partial charge in [-0.3, -0.25) is 19.4 Å². The number of esters is 3. The van der Waals surface area contributed by atoms with Gasteiger partial charge < -0.3 is 28.5 Å². The summed E-state index contributed by atoms with van der Waals surface area (Å²) in [5.41, 5.74) is -3.09. The zero-order chi connectivity index (χ0) is 31.3. The molecule has 2 aliphatic carbocycles. The van der Waals surface area contributed by atoms with Gasteiger partial charge in [0.15, 0.2) is 0 Å². The molecule has 43 heavy (non-hydrogen) atoms. The van der Waals surface area contributed by atoms with Gasteiger partial charge in [-0.2, -0.15) is 0 Å². The summed E-state index contributed by atoms with van der Waals surface area (Å²) in [5.74, 6) is -2.16. The summed E-state index contributed by atoms with van der Waals surface area (Å²) >= 11 is 0. The van der Waals surface area contributed by atoms with Crippen molar-refractivity contribution in [3.8, 4) is 17.1 Å². The van der Waals surface area contributed by atoms with Gasteiger partial charge >= 0.3 is 23.5 Å². The van der Waals surface area contributed by atoms with Gasteiger partial charge in [0.1, 0.15) is 41.5 Å². The van der Waals surface area contributed by atoms with Gasteiger partial charge in [-0.15, -0.1) is 0 Å². The van der Waals surface area contributed by atoms with E-state index in [2.05, 4.69) is 4.98 Å². The molecule has 0 spiro atoms. The maximum Gasteiger partial charge on any atom is 0.345 e. The number of pyridine rings is 1. The molecule has 0 radical (unpaired) electrons. The fourth-order valence-electron chi connectivity index (χ4n) is 8.08. The predicted molar refractivity (Wildman–Crippen MR) is 152 cm³/mol. The van der Waals surface area contributed by atoms with E-state index in [1.165, 1.54) is 13.8 Å². The van der Waals surface area contributed by atoms with Gasteiger partial charge in [0.05, 0.1) is 6.10 Å². The maximum absolute atomic E-state index is 13.5. The van der Waals surface area contributed by atoms with Crippen LogP contribution < -0.4 is 10.4 Å². The fourth-order valence-corrected chi connectivity index (χ4v) is 8.08. The van der Waals surface area contributed by atoms with E-state index in [1.807, 2.05) is 13.8 Å². The number of carbonyl (C=O) groups is 3. The second-order valence-corrected chi connectivity index (χ2v) is 12.7. The van der Waals surface area contributed by atoms with Crippen molar-refractivity contribution in [2.75, 3.05) is 6.61 Å². The van der Waals surface area contributed by atoms with E-state index in [9.17, 15) is 24.3 Å². The van der Waals surface area contributed by atoms with Crippen molar-refractivity contribution in [1.29, 1.82) is 0 Å². The first kappa shape index (κ1) is 30.7. The number of hydrogen-bond donors (Lipinski definition) is 1. The van der Waals surface area contributed by atoms with E-state index >= 15 is 0 Å². The third kappa shape index (κ3) is 5.11. The van der Waals surface area contributed by atoms with Gasteiger partial charge in [-0.1, -0.05) is 20.8 Å². The van der Waals surface area contributed by atoms with Crippen LogP contribution in [0.2, 0.25) is 0 Å². The number of nitrogens with zero attached hydrogens (tertiary/aromatic N) is 1. The number of fused-ring (bicyclic) bond motifs is 4. The zero-order valence-electron chi connectivity index (χ0n) is 25.4. The molecular formula is C32H39NO10. The highest BCUT2D eigenvalue weighted by Gasteiger charge is 2.70. The van der Waals surface area contributed by atoms with Gasteiger partial charge in [0, 0.05) is 55.6 Å². The highest BCUT2D eigenvalue weighted by atomic mass is 16.6. The number of aromatic nitrogens is 1. The van der Waals surface area contributed by atoms with Crippen LogP contribution in [-0.2, 0) is 28.6 Å². The van der Waals surface area contributed by atoms with E-state index < -0.39 is 58.2 Å². The van der Waals surface area contributed by atoms with Crippen LogP contribution in [0.5, 0.6) is 5.75 Å². The number of ether oxygens (including phenoxy) is 4. The minimum Gasteiger partial charge on any atom is -0.482 e. The monoisotopic (exact) mass is 597 g/mol. The molecule has 232 valence electrons. The molecular weight excluding hydrogens is 558 g/mol. The summed E-state index contributed by atoms with van der Waals surface area (Å²) in [6.45, 7) is 9.98. The molecule has 0 saturated heterocycles. The minimum atomic E-state index is -1.34. The molecule has 0 bridgehead atoms. The Kier molecular flexibility index (Phi) is 7.91. The van der Waals surface area contributed by atoms with Crippen molar-refractivity contribution < 1.29 is 42.9 Å². The lowest BCUT2D eigenvalue weighted by molar-refractivity contribution is -0.271. The lowest BCUT2D eigenvalue weighted by Crippen LogP contribution is -2.71. The molecule has 3 heterocycles. The SMILES string of the molecule is CCC(=O)O[C@@H]1CC[C@@]2(C)[C@@H](C[C@@H](OC(C)=O)[C@@]3(C)Oc4cc(-c5cccnc5)oc(=O)c4[C@@H](O)[C@H]23)[C@]1(C)COC(C)=O. The molecule has 8 atom stereocenters. The summed E-state index contributed by atoms with van der Waals surface area (Å²) in [6, 6.07) is 5.01. The average molecular weight is 598 g/mol. The largest absolute Gasteiger partial charge is 0.482 e. The van der Waals surface area contributed by atoms with Crippen LogP contribution in [-0.4, -0.2) is 52.4 Å². The number of carbonyl (C=O) groups excluding carboxylic acids is 3.